The predicted molar refractivity (Wildman–Crippen MR) is 146 cm³/mol. The summed E-state index contributed by atoms with van der Waals surface area (Å²) in [4.78, 5) is 29.3. The van der Waals surface area contributed by atoms with Crippen molar-refractivity contribution in [1.29, 1.82) is 0 Å². The molecule has 10 heteroatoms. The van der Waals surface area contributed by atoms with Crippen molar-refractivity contribution in [1.82, 2.24) is 9.55 Å². The molecule has 0 aliphatic heterocycles. The first-order valence-corrected chi connectivity index (χ1v) is 12.6. The topological polar surface area (TPSA) is 117 Å². The smallest absolute Gasteiger partial charge is 0.329 e. The van der Waals surface area contributed by atoms with Crippen LogP contribution in [0.3, 0.4) is 0 Å². The molecule has 0 aliphatic carbocycles. The Morgan fingerprint density at radius 1 is 1.14 bits per heavy atom. The first-order chi connectivity index (χ1) is 17.8. The number of hydrogen-bond donors (Lipinski definition) is 4. The number of aromatic amines is 1. The van der Waals surface area contributed by atoms with E-state index in [1.54, 1.807) is 37.3 Å². The van der Waals surface area contributed by atoms with Crippen LogP contribution >= 0.6 is 22.6 Å². The Bertz CT molecular complexity index is 1440. The molecule has 1 heterocycles. The highest BCUT2D eigenvalue weighted by molar-refractivity contribution is 14.1. The van der Waals surface area contributed by atoms with Gasteiger partial charge in [0.1, 0.15) is 29.9 Å². The molecule has 1 aromatic heterocycles. The highest BCUT2D eigenvalue weighted by atomic mass is 127. The maximum atomic E-state index is 14.5. The van der Waals surface area contributed by atoms with Gasteiger partial charge in [-0.05, 0) is 70.6 Å². The number of halogens is 2. The van der Waals surface area contributed by atoms with Crippen molar-refractivity contribution in [3.63, 3.8) is 0 Å². The largest absolute Gasteiger partial charge is 0.493 e. The molecule has 0 fully saturated rings. The molecule has 0 radical (unpaired) electrons. The van der Waals surface area contributed by atoms with Crippen molar-refractivity contribution < 1.29 is 24.1 Å². The Hall–Kier alpha value is -3.64. The molecule has 3 aromatic carbocycles. The number of H-pyrrole nitrogens is 1. The third-order valence-electron chi connectivity index (χ3n) is 5.94. The number of benzene rings is 3. The molecule has 0 saturated heterocycles. The number of nitrogens with one attached hydrogen (secondary N) is 2. The highest BCUT2D eigenvalue weighted by Crippen LogP contribution is 2.35. The zero-order valence-electron chi connectivity index (χ0n) is 19.8. The van der Waals surface area contributed by atoms with Crippen LogP contribution in [0.2, 0.25) is 0 Å². The monoisotopic (exact) mass is 617 g/mol. The lowest BCUT2D eigenvalue weighted by atomic mass is 9.92. The number of amides is 1. The van der Waals surface area contributed by atoms with Crippen LogP contribution < -0.4 is 15.7 Å². The summed E-state index contributed by atoms with van der Waals surface area (Å²) in [7, 11) is 0. The van der Waals surface area contributed by atoms with E-state index in [1.807, 2.05) is 52.9 Å². The number of rotatable bonds is 9. The van der Waals surface area contributed by atoms with Crippen LogP contribution in [0.25, 0.3) is 11.3 Å². The van der Waals surface area contributed by atoms with E-state index in [9.17, 15) is 19.1 Å². The van der Waals surface area contributed by atoms with Gasteiger partial charge < -0.3 is 25.3 Å². The number of aliphatic hydroxyl groups is 1. The summed E-state index contributed by atoms with van der Waals surface area (Å²) >= 11 is 1.97. The third kappa shape index (κ3) is 5.86. The molecule has 0 bridgehead atoms. The Morgan fingerprint density at radius 3 is 2.49 bits per heavy atom. The maximum Gasteiger partial charge on any atom is 0.329 e. The molecular weight excluding hydrogens is 592 g/mol. The molecule has 192 valence electrons. The Balaban J connectivity index is 1.75. The Morgan fingerprint density at radius 2 is 1.84 bits per heavy atom. The minimum Gasteiger partial charge on any atom is -0.493 e. The average Bonchev–Trinajstić information content (AvgIpc) is 3.19. The second-order valence-corrected chi connectivity index (χ2v) is 9.60. The standard InChI is InChI=1S/C27H25FIN3O5/c1-16(17-5-3-2-4-6-17)24(25(34)30-22-12-9-19(29)15-21(22)28)32-26(35)23(31-27(32)36)18-7-10-20(11-8-18)37-14-13-33/h2-12,15-16,24,33,35H,13-14H2,1H3,(H,30,34)(H,31,36)/t16-,24-/m0/s1. The van der Waals surface area contributed by atoms with Crippen molar-refractivity contribution in [2.75, 3.05) is 18.5 Å². The number of aromatic nitrogens is 2. The van der Waals surface area contributed by atoms with E-state index in [2.05, 4.69) is 10.3 Å². The number of anilines is 1. The Labute approximate surface area is 225 Å². The van der Waals surface area contributed by atoms with Crippen LogP contribution in [0.4, 0.5) is 10.1 Å². The molecule has 0 aliphatic rings. The van der Waals surface area contributed by atoms with E-state index in [-0.39, 0.29) is 24.6 Å². The molecule has 37 heavy (non-hydrogen) atoms. The van der Waals surface area contributed by atoms with Gasteiger partial charge in [-0.3, -0.25) is 4.79 Å². The zero-order chi connectivity index (χ0) is 26.5. The lowest BCUT2D eigenvalue weighted by molar-refractivity contribution is -0.120. The summed E-state index contributed by atoms with van der Waals surface area (Å²) < 4.78 is 21.5. The Kier molecular flexibility index (Phi) is 8.29. The van der Waals surface area contributed by atoms with Gasteiger partial charge in [0.05, 0.1) is 12.3 Å². The molecule has 2 atom stereocenters. The first-order valence-electron chi connectivity index (χ1n) is 11.5. The summed E-state index contributed by atoms with van der Waals surface area (Å²) in [5, 5.41) is 22.7. The van der Waals surface area contributed by atoms with Gasteiger partial charge in [0, 0.05) is 15.1 Å². The molecule has 0 unspecified atom stereocenters. The summed E-state index contributed by atoms with van der Waals surface area (Å²) in [6, 6.07) is 18.8. The van der Waals surface area contributed by atoms with Crippen LogP contribution in [0, 0.1) is 9.39 Å². The van der Waals surface area contributed by atoms with Crippen molar-refractivity contribution in [2.24, 2.45) is 0 Å². The number of aliphatic hydroxyl groups excluding tert-OH is 1. The van der Waals surface area contributed by atoms with Gasteiger partial charge in [0.2, 0.25) is 11.8 Å². The summed E-state index contributed by atoms with van der Waals surface area (Å²) in [6.45, 7) is 1.76. The number of carbonyl (C=O) groups is 1. The molecule has 1 amide bonds. The number of aromatic hydroxyl groups is 1. The van der Waals surface area contributed by atoms with Crippen molar-refractivity contribution in [3.8, 4) is 22.9 Å². The second kappa shape index (κ2) is 11.6. The highest BCUT2D eigenvalue weighted by Gasteiger charge is 2.33. The van der Waals surface area contributed by atoms with E-state index >= 15 is 0 Å². The van der Waals surface area contributed by atoms with Crippen LogP contribution in [0.15, 0.2) is 77.6 Å². The van der Waals surface area contributed by atoms with Crippen LogP contribution in [-0.2, 0) is 4.79 Å². The minimum absolute atomic E-state index is 0.0301. The van der Waals surface area contributed by atoms with Gasteiger partial charge in [0.25, 0.3) is 0 Å². The van der Waals surface area contributed by atoms with E-state index < -0.39 is 35.3 Å². The van der Waals surface area contributed by atoms with Crippen molar-refractivity contribution in [3.05, 3.63) is 98.2 Å². The number of hydrogen-bond acceptors (Lipinski definition) is 5. The van der Waals surface area contributed by atoms with Gasteiger partial charge in [-0.25, -0.2) is 13.8 Å². The third-order valence-corrected chi connectivity index (χ3v) is 6.61. The zero-order valence-corrected chi connectivity index (χ0v) is 22.0. The van der Waals surface area contributed by atoms with Gasteiger partial charge in [-0.1, -0.05) is 37.3 Å². The van der Waals surface area contributed by atoms with E-state index in [0.717, 1.165) is 10.1 Å². The van der Waals surface area contributed by atoms with Gasteiger partial charge in [0.15, 0.2) is 0 Å². The predicted octanol–water partition coefficient (Wildman–Crippen LogP) is 4.65. The van der Waals surface area contributed by atoms with Gasteiger partial charge >= 0.3 is 5.69 Å². The van der Waals surface area contributed by atoms with Crippen molar-refractivity contribution >= 4 is 34.2 Å². The van der Waals surface area contributed by atoms with Crippen molar-refractivity contribution in [2.45, 2.75) is 18.9 Å². The van der Waals surface area contributed by atoms with Gasteiger partial charge in [-0.2, -0.15) is 0 Å². The maximum absolute atomic E-state index is 14.5. The van der Waals surface area contributed by atoms with E-state index in [1.165, 1.54) is 12.1 Å². The molecule has 0 spiro atoms. The summed E-state index contributed by atoms with van der Waals surface area (Å²) in [6.07, 6.45) is 0. The fourth-order valence-electron chi connectivity index (χ4n) is 4.08. The SMILES string of the molecule is C[C@@H](c1ccccc1)[C@@H](C(=O)Nc1ccc(I)cc1F)n1c(O)c(-c2ccc(OCCO)cc2)[nH]c1=O. The second-order valence-electron chi connectivity index (χ2n) is 8.35. The molecular formula is C27H25FIN3O5. The molecule has 4 aromatic rings. The van der Waals surface area contributed by atoms with E-state index in [0.29, 0.717) is 14.9 Å². The van der Waals surface area contributed by atoms with Gasteiger partial charge in [-0.15, -0.1) is 0 Å². The number of nitrogens with zero attached hydrogens (tertiary/aromatic N) is 1. The van der Waals surface area contributed by atoms with Crippen LogP contribution in [-0.4, -0.2) is 38.9 Å². The molecule has 0 saturated carbocycles. The number of ether oxygens (including phenoxy) is 1. The molecule has 4 rings (SSSR count). The van der Waals surface area contributed by atoms with Crippen LogP contribution in [0.5, 0.6) is 11.6 Å². The number of imidazole rings is 1. The lowest BCUT2D eigenvalue weighted by Crippen LogP contribution is -2.35. The normalized spacial score (nSPS) is 12.6. The van der Waals surface area contributed by atoms with Crippen LogP contribution in [0.1, 0.15) is 24.4 Å². The fourth-order valence-corrected chi connectivity index (χ4v) is 4.54. The summed E-state index contributed by atoms with van der Waals surface area (Å²) in [5.41, 5.74) is 0.638. The minimum atomic E-state index is -1.20. The quantitative estimate of drug-likeness (QED) is 0.204. The summed E-state index contributed by atoms with van der Waals surface area (Å²) in [5.74, 6) is -1.75. The average molecular weight is 617 g/mol. The first kappa shape index (κ1) is 26.4. The molecule has 4 N–H and O–H groups in total. The fraction of sp³-hybridized carbons (Fsp3) is 0.185. The van der Waals surface area contributed by atoms with E-state index in [4.69, 9.17) is 9.84 Å². The molecule has 8 nitrogen and oxygen atoms in total. The lowest BCUT2D eigenvalue weighted by Gasteiger charge is -2.25. The number of carbonyl (C=O) groups excluding carboxylic acids is 1.